The highest BCUT2D eigenvalue weighted by Crippen LogP contribution is 2.22. The van der Waals surface area contributed by atoms with Crippen molar-refractivity contribution in [1.29, 1.82) is 0 Å². The zero-order valence-corrected chi connectivity index (χ0v) is 13.5. The Morgan fingerprint density at radius 2 is 1.86 bits per heavy atom. The third-order valence-electron chi connectivity index (χ3n) is 3.53. The van der Waals surface area contributed by atoms with Gasteiger partial charge in [-0.15, -0.1) is 11.3 Å². The molecule has 0 fully saturated rings. The van der Waals surface area contributed by atoms with E-state index in [4.69, 9.17) is 0 Å². The summed E-state index contributed by atoms with van der Waals surface area (Å²) in [6.07, 6.45) is 7.16. The summed E-state index contributed by atoms with van der Waals surface area (Å²) < 4.78 is 0. The molecule has 0 bridgehead atoms. The second-order valence-corrected chi connectivity index (χ2v) is 6.31. The average Bonchev–Trinajstić information content (AvgIpc) is 2.96. The summed E-state index contributed by atoms with van der Waals surface area (Å²) in [4.78, 5) is 16.5. The minimum absolute atomic E-state index is 0.320. The Morgan fingerprint density at radius 1 is 1.10 bits per heavy atom. The molecule has 0 atom stereocenters. The monoisotopic (exact) mass is 301 g/mol. The first kappa shape index (κ1) is 15.9. The molecule has 112 valence electrons. The van der Waals surface area contributed by atoms with Crippen LogP contribution in [0.25, 0.3) is 11.3 Å². The number of carbonyl (C=O) groups excluding carboxylic acids is 1. The molecular weight excluding hydrogens is 278 g/mol. The topological polar surface area (TPSA) is 30.0 Å². The molecule has 3 heteroatoms. The Labute approximate surface area is 131 Å². The number of thiazole rings is 1. The number of Topliss-reactive ketones (excluding diaryl/α,β-unsaturated/α-hetero) is 1. The van der Waals surface area contributed by atoms with Crippen molar-refractivity contribution in [3.8, 4) is 11.3 Å². The lowest BCUT2D eigenvalue weighted by Crippen LogP contribution is -2.02. The molecule has 0 spiro atoms. The summed E-state index contributed by atoms with van der Waals surface area (Å²) in [5.74, 6) is 0.320. The maximum atomic E-state index is 12.0. The van der Waals surface area contributed by atoms with Crippen LogP contribution in [0, 0.1) is 0 Å². The van der Waals surface area contributed by atoms with Gasteiger partial charge in [0, 0.05) is 17.4 Å². The molecule has 0 unspecified atom stereocenters. The normalized spacial score (nSPS) is 10.7. The number of unbranched alkanes of at least 4 members (excludes halogenated alkanes) is 4. The van der Waals surface area contributed by atoms with E-state index >= 15 is 0 Å². The van der Waals surface area contributed by atoms with E-state index in [0.29, 0.717) is 18.6 Å². The second-order valence-electron chi connectivity index (χ2n) is 5.37. The third kappa shape index (κ3) is 5.43. The maximum Gasteiger partial charge on any atom is 0.139 e. The lowest BCUT2D eigenvalue weighted by Gasteiger charge is -1.99. The molecule has 0 saturated carbocycles. The van der Waals surface area contributed by atoms with Crippen LogP contribution in [0.2, 0.25) is 0 Å². The van der Waals surface area contributed by atoms with Crippen LogP contribution in [-0.4, -0.2) is 10.8 Å². The number of benzene rings is 1. The summed E-state index contributed by atoms with van der Waals surface area (Å²) in [6, 6.07) is 10.1. The van der Waals surface area contributed by atoms with E-state index in [1.165, 1.54) is 25.7 Å². The lowest BCUT2D eigenvalue weighted by atomic mass is 10.1. The Kier molecular flexibility index (Phi) is 6.61. The minimum atomic E-state index is 0.320. The quantitative estimate of drug-likeness (QED) is 0.590. The zero-order valence-electron chi connectivity index (χ0n) is 12.7. The number of ketones is 1. The van der Waals surface area contributed by atoms with Crippen LogP contribution in [0.1, 0.15) is 50.5 Å². The molecule has 1 aromatic carbocycles. The van der Waals surface area contributed by atoms with E-state index < -0.39 is 0 Å². The molecule has 0 amide bonds. The number of hydrogen-bond donors (Lipinski definition) is 0. The molecule has 0 saturated heterocycles. The van der Waals surface area contributed by atoms with Crippen molar-refractivity contribution in [2.24, 2.45) is 0 Å². The SMILES string of the molecule is CCCCCCCC(=O)Cc1nc(-c2ccccc2)cs1. The van der Waals surface area contributed by atoms with E-state index in [0.717, 1.165) is 22.7 Å². The summed E-state index contributed by atoms with van der Waals surface area (Å²) in [5.41, 5.74) is 2.10. The van der Waals surface area contributed by atoms with Gasteiger partial charge in [0.1, 0.15) is 10.8 Å². The van der Waals surface area contributed by atoms with Gasteiger partial charge in [0.05, 0.1) is 12.1 Å². The molecule has 1 heterocycles. The summed E-state index contributed by atoms with van der Waals surface area (Å²) in [5, 5.41) is 2.98. The lowest BCUT2D eigenvalue weighted by molar-refractivity contribution is -0.118. The number of aromatic nitrogens is 1. The largest absolute Gasteiger partial charge is 0.299 e. The standard InChI is InChI=1S/C18H23NOS/c1-2-3-4-5-9-12-16(20)13-18-19-17(14-21-18)15-10-7-6-8-11-15/h6-8,10-11,14H,2-5,9,12-13H2,1H3. The van der Waals surface area contributed by atoms with Gasteiger partial charge in [0.2, 0.25) is 0 Å². The Hall–Kier alpha value is -1.48. The highest BCUT2D eigenvalue weighted by molar-refractivity contribution is 7.10. The molecule has 2 nitrogen and oxygen atoms in total. The van der Waals surface area contributed by atoms with Crippen molar-refractivity contribution in [2.45, 2.75) is 51.9 Å². The Morgan fingerprint density at radius 3 is 2.62 bits per heavy atom. The molecular formula is C18H23NOS. The molecule has 2 rings (SSSR count). The Bertz CT molecular complexity index is 547. The van der Waals surface area contributed by atoms with E-state index in [9.17, 15) is 4.79 Å². The van der Waals surface area contributed by atoms with Gasteiger partial charge in [0.15, 0.2) is 0 Å². The number of carbonyl (C=O) groups is 1. The molecule has 0 N–H and O–H groups in total. The van der Waals surface area contributed by atoms with Crippen LogP contribution in [-0.2, 0) is 11.2 Å². The molecule has 0 aliphatic heterocycles. The minimum Gasteiger partial charge on any atom is -0.299 e. The summed E-state index contributed by atoms with van der Waals surface area (Å²) >= 11 is 1.59. The van der Waals surface area contributed by atoms with E-state index in [1.54, 1.807) is 11.3 Å². The maximum absolute atomic E-state index is 12.0. The van der Waals surface area contributed by atoms with Crippen molar-refractivity contribution < 1.29 is 4.79 Å². The van der Waals surface area contributed by atoms with Crippen molar-refractivity contribution in [1.82, 2.24) is 4.98 Å². The molecule has 2 aromatic rings. The molecule has 0 aliphatic carbocycles. The van der Waals surface area contributed by atoms with Crippen LogP contribution in [0.15, 0.2) is 35.7 Å². The van der Waals surface area contributed by atoms with Crippen molar-refractivity contribution >= 4 is 17.1 Å². The second kappa shape index (κ2) is 8.73. The first-order chi connectivity index (χ1) is 10.3. The van der Waals surface area contributed by atoms with Gasteiger partial charge in [-0.3, -0.25) is 4.79 Å². The summed E-state index contributed by atoms with van der Waals surface area (Å²) in [6.45, 7) is 2.21. The van der Waals surface area contributed by atoms with Gasteiger partial charge in [-0.1, -0.05) is 62.9 Å². The number of hydrogen-bond acceptors (Lipinski definition) is 3. The molecule has 0 radical (unpaired) electrons. The summed E-state index contributed by atoms with van der Waals surface area (Å²) in [7, 11) is 0. The number of rotatable bonds is 9. The van der Waals surface area contributed by atoms with Crippen LogP contribution < -0.4 is 0 Å². The van der Waals surface area contributed by atoms with Gasteiger partial charge < -0.3 is 0 Å². The van der Waals surface area contributed by atoms with Crippen molar-refractivity contribution in [3.63, 3.8) is 0 Å². The van der Waals surface area contributed by atoms with Crippen LogP contribution in [0.5, 0.6) is 0 Å². The van der Waals surface area contributed by atoms with Gasteiger partial charge in [-0.2, -0.15) is 0 Å². The molecule has 21 heavy (non-hydrogen) atoms. The third-order valence-corrected chi connectivity index (χ3v) is 4.38. The first-order valence-corrected chi connectivity index (χ1v) is 8.69. The fourth-order valence-corrected chi connectivity index (χ4v) is 3.15. The van der Waals surface area contributed by atoms with Crippen molar-refractivity contribution in [2.75, 3.05) is 0 Å². The molecule has 1 aromatic heterocycles. The van der Waals surface area contributed by atoms with E-state index in [1.807, 2.05) is 35.7 Å². The van der Waals surface area contributed by atoms with E-state index in [2.05, 4.69) is 11.9 Å². The highest BCUT2D eigenvalue weighted by Gasteiger charge is 2.09. The number of nitrogens with zero attached hydrogens (tertiary/aromatic N) is 1. The van der Waals surface area contributed by atoms with Gasteiger partial charge in [0.25, 0.3) is 0 Å². The Balaban J connectivity index is 1.78. The predicted molar refractivity (Wildman–Crippen MR) is 89.6 cm³/mol. The van der Waals surface area contributed by atoms with Crippen LogP contribution >= 0.6 is 11.3 Å². The van der Waals surface area contributed by atoms with Gasteiger partial charge in [-0.05, 0) is 6.42 Å². The average molecular weight is 301 g/mol. The highest BCUT2D eigenvalue weighted by atomic mass is 32.1. The predicted octanol–water partition coefficient (Wildman–Crippen LogP) is 5.28. The zero-order chi connectivity index (χ0) is 14.9. The fourth-order valence-electron chi connectivity index (χ4n) is 2.32. The first-order valence-electron chi connectivity index (χ1n) is 7.81. The van der Waals surface area contributed by atoms with Gasteiger partial charge >= 0.3 is 0 Å². The molecule has 0 aliphatic rings. The smallest absolute Gasteiger partial charge is 0.139 e. The van der Waals surface area contributed by atoms with E-state index in [-0.39, 0.29) is 0 Å². The van der Waals surface area contributed by atoms with Gasteiger partial charge in [-0.25, -0.2) is 4.98 Å². The van der Waals surface area contributed by atoms with Crippen LogP contribution in [0.4, 0.5) is 0 Å². The van der Waals surface area contributed by atoms with Crippen LogP contribution in [0.3, 0.4) is 0 Å². The fraction of sp³-hybridized carbons (Fsp3) is 0.444. The van der Waals surface area contributed by atoms with Crippen molar-refractivity contribution in [3.05, 3.63) is 40.7 Å².